The molecular weight excluding hydrogens is 404 g/mol. The van der Waals surface area contributed by atoms with E-state index in [1.54, 1.807) is 25.1 Å². The van der Waals surface area contributed by atoms with Gasteiger partial charge in [-0.3, -0.25) is 9.36 Å². The minimum Gasteiger partial charge on any atom is -0.408 e. The highest BCUT2D eigenvalue weighted by Gasteiger charge is 2.31. The predicted molar refractivity (Wildman–Crippen MR) is 106 cm³/mol. The van der Waals surface area contributed by atoms with E-state index in [-0.39, 0.29) is 29.9 Å². The van der Waals surface area contributed by atoms with Gasteiger partial charge >= 0.3 is 5.76 Å². The lowest BCUT2D eigenvalue weighted by molar-refractivity contribution is 0.0970. The summed E-state index contributed by atoms with van der Waals surface area (Å²) in [4.78, 5) is 25.1. The molecule has 3 aromatic rings. The maximum absolute atomic E-state index is 12.9. The Hall–Kier alpha value is -2.32. The van der Waals surface area contributed by atoms with Gasteiger partial charge in [-0.15, -0.1) is 0 Å². The number of oxazole rings is 1. The summed E-state index contributed by atoms with van der Waals surface area (Å²) in [5.41, 5.74) is 2.86. The molecule has 28 heavy (non-hydrogen) atoms. The van der Waals surface area contributed by atoms with Crippen molar-refractivity contribution in [2.45, 2.75) is 32.9 Å². The van der Waals surface area contributed by atoms with Gasteiger partial charge < -0.3 is 8.98 Å². The fourth-order valence-electron chi connectivity index (χ4n) is 4.02. The maximum atomic E-state index is 12.9. The van der Waals surface area contributed by atoms with Gasteiger partial charge in [0.25, 0.3) is 0 Å². The first kappa shape index (κ1) is 19.0. The normalized spacial score (nSPS) is 18.8. The Bertz CT molecular complexity index is 1270. The van der Waals surface area contributed by atoms with Crippen molar-refractivity contribution in [1.29, 1.82) is 0 Å². The molecule has 148 valence electrons. The van der Waals surface area contributed by atoms with Gasteiger partial charge in [0, 0.05) is 34.1 Å². The second kappa shape index (κ2) is 6.63. The number of halogens is 1. The molecule has 3 heterocycles. The van der Waals surface area contributed by atoms with Gasteiger partial charge in [-0.25, -0.2) is 13.2 Å². The van der Waals surface area contributed by atoms with Gasteiger partial charge in [-0.05, 0) is 38.5 Å². The van der Waals surface area contributed by atoms with Crippen molar-refractivity contribution < 1.29 is 17.6 Å². The first-order valence-electron chi connectivity index (χ1n) is 8.87. The van der Waals surface area contributed by atoms with E-state index in [4.69, 9.17) is 16.0 Å². The van der Waals surface area contributed by atoms with Crippen molar-refractivity contribution in [3.8, 4) is 0 Å². The van der Waals surface area contributed by atoms with E-state index < -0.39 is 15.6 Å². The van der Waals surface area contributed by atoms with Crippen molar-refractivity contribution >= 4 is 38.3 Å². The molecule has 0 spiro atoms. The van der Waals surface area contributed by atoms with E-state index in [1.165, 1.54) is 10.6 Å². The number of carbonyl (C=O) groups is 1. The van der Waals surface area contributed by atoms with E-state index >= 15 is 0 Å². The molecule has 9 heteroatoms. The molecule has 0 unspecified atom stereocenters. The highest BCUT2D eigenvalue weighted by Crippen LogP contribution is 2.29. The second-order valence-electron chi connectivity index (χ2n) is 7.20. The third kappa shape index (κ3) is 3.20. The van der Waals surface area contributed by atoms with E-state index in [2.05, 4.69) is 0 Å². The molecule has 0 N–H and O–H groups in total. The molecule has 0 aliphatic carbocycles. The molecule has 4 rings (SSSR count). The van der Waals surface area contributed by atoms with Crippen LogP contribution in [-0.2, 0) is 16.4 Å². The monoisotopic (exact) mass is 422 g/mol. The first-order chi connectivity index (χ1) is 13.2. The number of Topliss-reactive ketones (excluding diaryl/α,β-unsaturated/α-hetero) is 1. The molecule has 2 aromatic heterocycles. The number of aromatic nitrogens is 2. The average molecular weight is 423 g/mol. The standard InChI is InChI=1S/C19H19ClN2O5S/c1-11-7-15(12(2)22(11)14-5-6-28(25,26)10-14)17(23)9-21-16-4-3-13(20)8-18(16)27-19(21)24/h3-4,7-8,14H,5-6,9-10H2,1-2H3/t14-/m0/s1. The van der Waals surface area contributed by atoms with Crippen molar-refractivity contribution in [3.05, 3.63) is 56.8 Å². The molecular formula is C19H19ClN2O5S. The Kier molecular flexibility index (Phi) is 4.50. The molecule has 1 fully saturated rings. The second-order valence-corrected chi connectivity index (χ2v) is 9.87. The summed E-state index contributed by atoms with van der Waals surface area (Å²) in [6.07, 6.45) is 0.541. The first-order valence-corrected chi connectivity index (χ1v) is 11.1. The van der Waals surface area contributed by atoms with E-state index in [9.17, 15) is 18.0 Å². The molecule has 0 bridgehead atoms. The summed E-state index contributed by atoms with van der Waals surface area (Å²) >= 11 is 5.92. The van der Waals surface area contributed by atoms with Crippen LogP contribution in [0.25, 0.3) is 11.1 Å². The summed E-state index contributed by atoms with van der Waals surface area (Å²) in [6, 6.07) is 6.40. The van der Waals surface area contributed by atoms with E-state index in [0.717, 1.165) is 5.69 Å². The fraction of sp³-hybridized carbons (Fsp3) is 0.368. The zero-order chi connectivity index (χ0) is 20.2. The molecule has 1 saturated heterocycles. The zero-order valence-corrected chi connectivity index (χ0v) is 17.0. The molecule has 1 aromatic carbocycles. The summed E-state index contributed by atoms with van der Waals surface area (Å²) in [6.45, 7) is 3.50. The van der Waals surface area contributed by atoms with E-state index in [1.807, 2.05) is 11.5 Å². The third-order valence-electron chi connectivity index (χ3n) is 5.29. The zero-order valence-electron chi connectivity index (χ0n) is 15.4. The van der Waals surface area contributed by atoms with Crippen molar-refractivity contribution in [3.63, 3.8) is 0 Å². The number of benzene rings is 1. The Morgan fingerprint density at radius 3 is 2.71 bits per heavy atom. The predicted octanol–water partition coefficient (Wildman–Crippen LogP) is 2.91. The largest absolute Gasteiger partial charge is 0.420 e. The third-order valence-corrected chi connectivity index (χ3v) is 7.28. The number of nitrogens with zero attached hydrogens (tertiary/aromatic N) is 2. The number of carbonyl (C=O) groups excluding carboxylic acids is 1. The summed E-state index contributed by atoms with van der Waals surface area (Å²) in [5, 5.41) is 0.440. The van der Waals surface area contributed by atoms with Gasteiger partial charge in [0.15, 0.2) is 21.2 Å². The van der Waals surface area contributed by atoms with Crippen LogP contribution < -0.4 is 5.76 Å². The molecule has 1 aliphatic rings. The highest BCUT2D eigenvalue weighted by atomic mass is 35.5. The number of fused-ring (bicyclic) bond motifs is 1. The van der Waals surface area contributed by atoms with Crippen LogP contribution in [0.2, 0.25) is 5.02 Å². The highest BCUT2D eigenvalue weighted by molar-refractivity contribution is 7.91. The van der Waals surface area contributed by atoms with Crippen LogP contribution in [0.3, 0.4) is 0 Å². The molecule has 0 saturated carbocycles. The molecule has 1 atom stereocenters. The smallest absolute Gasteiger partial charge is 0.408 e. The van der Waals surface area contributed by atoms with Crippen LogP contribution in [0.15, 0.2) is 33.5 Å². The van der Waals surface area contributed by atoms with Crippen molar-refractivity contribution in [1.82, 2.24) is 9.13 Å². The number of ketones is 1. The lowest BCUT2D eigenvalue weighted by atomic mass is 10.1. The van der Waals surface area contributed by atoms with E-state index in [0.29, 0.717) is 33.8 Å². The Morgan fingerprint density at radius 2 is 2.04 bits per heavy atom. The Balaban J connectivity index is 1.68. The maximum Gasteiger partial charge on any atom is 0.420 e. The number of hydrogen-bond acceptors (Lipinski definition) is 5. The van der Waals surface area contributed by atoms with Crippen LogP contribution in [0.1, 0.15) is 34.2 Å². The molecule has 0 amide bonds. The van der Waals surface area contributed by atoms with Gasteiger partial charge in [0.2, 0.25) is 0 Å². The average Bonchev–Trinajstić information content (AvgIpc) is 3.21. The van der Waals surface area contributed by atoms with Crippen molar-refractivity contribution in [2.24, 2.45) is 0 Å². The van der Waals surface area contributed by atoms with Crippen molar-refractivity contribution in [2.75, 3.05) is 11.5 Å². The summed E-state index contributed by atoms with van der Waals surface area (Å²) in [5.74, 6) is -0.609. The number of sulfone groups is 1. The van der Waals surface area contributed by atoms with Gasteiger partial charge in [0.05, 0.1) is 23.6 Å². The SMILES string of the molecule is Cc1cc(C(=O)Cn2c(=O)oc3cc(Cl)ccc32)c(C)n1[C@H]1CCS(=O)(=O)C1. The van der Waals surface area contributed by atoms with Crippen LogP contribution in [0, 0.1) is 13.8 Å². The quantitative estimate of drug-likeness (QED) is 0.603. The van der Waals surface area contributed by atoms with Gasteiger partial charge in [-0.2, -0.15) is 0 Å². The summed E-state index contributed by atoms with van der Waals surface area (Å²) in [7, 11) is -3.04. The topological polar surface area (TPSA) is 91.3 Å². The van der Waals surface area contributed by atoms with Gasteiger partial charge in [-0.1, -0.05) is 11.6 Å². The Morgan fingerprint density at radius 1 is 1.29 bits per heavy atom. The Labute approximate surface area is 166 Å². The minimum atomic E-state index is -3.04. The number of rotatable bonds is 4. The summed E-state index contributed by atoms with van der Waals surface area (Å²) < 4.78 is 32.1. The van der Waals surface area contributed by atoms with Crippen LogP contribution in [0.5, 0.6) is 0 Å². The lowest BCUT2D eigenvalue weighted by Crippen LogP contribution is -2.21. The van der Waals surface area contributed by atoms with Crippen LogP contribution >= 0.6 is 11.6 Å². The molecule has 1 aliphatic heterocycles. The molecule has 7 nitrogen and oxygen atoms in total. The number of hydrogen-bond donors (Lipinski definition) is 0. The fourth-order valence-corrected chi connectivity index (χ4v) is 5.88. The van der Waals surface area contributed by atoms with Gasteiger partial charge in [0.1, 0.15) is 0 Å². The number of aryl methyl sites for hydroxylation is 1. The van der Waals surface area contributed by atoms with Crippen LogP contribution in [-0.4, -0.2) is 34.8 Å². The molecule has 0 radical (unpaired) electrons. The minimum absolute atomic E-state index is 0.0869. The van der Waals surface area contributed by atoms with Crippen LogP contribution in [0.4, 0.5) is 0 Å². The lowest BCUT2D eigenvalue weighted by Gasteiger charge is -2.16.